The fourth-order valence-electron chi connectivity index (χ4n) is 3.15. The minimum Gasteiger partial charge on any atom is -0.352 e. The number of benzene rings is 2. The van der Waals surface area contributed by atoms with E-state index in [4.69, 9.17) is 0 Å². The van der Waals surface area contributed by atoms with Gasteiger partial charge in [-0.15, -0.1) is 0 Å². The summed E-state index contributed by atoms with van der Waals surface area (Å²) in [7, 11) is 0. The Bertz CT molecular complexity index is 774. The molecule has 2 amide bonds. The fourth-order valence-corrected chi connectivity index (χ4v) is 3.15. The van der Waals surface area contributed by atoms with E-state index in [1.165, 1.54) is 12.1 Å². The van der Waals surface area contributed by atoms with E-state index in [-0.39, 0.29) is 17.6 Å². The number of likely N-dealkylation sites (tertiary alicyclic amines) is 1. The number of hydrogen-bond acceptors (Lipinski definition) is 2. The molecule has 0 bridgehead atoms. The van der Waals surface area contributed by atoms with Crippen LogP contribution in [0.5, 0.6) is 0 Å². The van der Waals surface area contributed by atoms with Crippen molar-refractivity contribution in [3.8, 4) is 0 Å². The van der Waals surface area contributed by atoms with Crippen LogP contribution in [-0.2, 0) is 29.1 Å². The van der Waals surface area contributed by atoms with E-state index in [1.54, 1.807) is 12.1 Å². The summed E-state index contributed by atoms with van der Waals surface area (Å²) in [6.45, 7) is 1.85. The number of rotatable bonds is 7. The van der Waals surface area contributed by atoms with E-state index in [0.717, 1.165) is 29.7 Å². The van der Waals surface area contributed by atoms with Crippen molar-refractivity contribution in [1.29, 1.82) is 0 Å². The second-order valence-corrected chi connectivity index (χ2v) is 6.59. The molecule has 0 unspecified atom stereocenters. The van der Waals surface area contributed by atoms with E-state index in [1.807, 2.05) is 29.2 Å². The number of carbonyl (C=O) groups is 2. The molecule has 5 heteroatoms. The Morgan fingerprint density at radius 2 is 1.81 bits per heavy atom. The number of halogens is 1. The molecule has 0 aliphatic carbocycles. The normalized spacial score (nSPS) is 13.9. The lowest BCUT2D eigenvalue weighted by Gasteiger charge is -2.18. The van der Waals surface area contributed by atoms with Gasteiger partial charge in [0.25, 0.3) is 0 Å². The second kappa shape index (κ2) is 8.61. The maximum Gasteiger partial charge on any atom is 0.222 e. The van der Waals surface area contributed by atoms with Crippen LogP contribution in [-0.4, -0.2) is 23.3 Å². The molecular weight excluding hydrogens is 331 g/mol. The van der Waals surface area contributed by atoms with Gasteiger partial charge in [0.1, 0.15) is 5.82 Å². The molecule has 0 radical (unpaired) electrons. The van der Waals surface area contributed by atoms with E-state index >= 15 is 0 Å². The second-order valence-electron chi connectivity index (χ2n) is 6.59. The summed E-state index contributed by atoms with van der Waals surface area (Å²) in [5.74, 6) is -0.115. The quantitative estimate of drug-likeness (QED) is 0.830. The van der Waals surface area contributed by atoms with Gasteiger partial charge in [0, 0.05) is 32.5 Å². The van der Waals surface area contributed by atoms with Crippen molar-refractivity contribution in [2.45, 2.75) is 38.8 Å². The van der Waals surface area contributed by atoms with Crippen molar-refractivity contribution in [1.82, 2.24) is 10.2 Å². The number of carbonyl (C=O) groups excluding carboxylic acids is 2. The summed E-state index contributed by atoms with van der Waals surface area (Å²) < 4.78 is 12.9. The van der Waals surface area contributed by atoms with Gasteiger partial charge in [0.2, 0.25) is 11.8 Å². The van der Waals surface area contributed by atoms with Crippen molar-refractivity contribution < 1.29 is 14.0 Å². The maximum atomic E-state index is 12.9. The van der Waals surface area contributed by atoms with Crippen LogP contribution in [0, 0.1) is 5.82 Å². The molecule has 26 heavy (non-hydrogen) atoms. The lowest BCUT2D eigenvalue weighted by atomic mass is 10.1. The van der Waals surface area contributed by atoms with Crippen LogP contribution in [0.4, 0.5) is 4.39 Å². The monoisotopic (exact) mass is 354 g/mol. The molecule has 0 atom stereocenters. The molecule has 0 aromatic heterocycles. The van der Waals surface area contributed by atoms with Gasteiger partial charge in [-0.1, -0.05) is 36.4 Å². The van der Waals surface area contributed by atoms with Gasteiger partial charge in [-0.25, -0.2) is 4.39 Å². The van der Waals surface area contributed by atoms with Crippen LogP contribution in [0.3, 0.4) is 0 Å². The van der Waals surface area contributed by atoms with Crippen LogP contribution in [0.25, 0.3) is 0 Å². The molecule has 2 aromatic rings. The van der Waals surface area contributed by atoms with Gasteiger partial charge < -0.3 is 10.2 Å². The Morgan fingerprint density at radius 3 is 2.50 bits per heavy atom. The van der Waals surface area contributed by atoms with E-state index < -0.39 is 0 Å². The summed E-state index contributed by atoms with van der Waals surface area (Å²) in [6, 6.07) is 14.1. The zero-order valence-corrected chi connectivity index (χ0v) is 14.7. The lowest BCUT2D eigenvalue weighted by molar-refractivity contribution is -0.128. The summed E-state index contributed by atoms with van der Waals surface area (Å²) in [6.07, 6.45) is 2.48. The molecule has 3 rings (SSSR count). The first-order valence-corrected chi connectivity index (χ1v) is 8.97. The third-order valence-electron chi connectivity index (χ3n) is 4.68. The summed E-state index contributed by atoms with van der Waals surface area (Å²) in [5, 5.41) is 2.94. The van der Waals surface area contributed by atoms with Gasteiger partial charge in [0.15, 0.2) is 0 Å². The molecule has 4 nitrogen and oxygen atoms in total. The Balaban J connectivity index is 1.51. The Morgan fingerprint density at radius 1 is 1.08 bits per heavy atom. The van der Waals surface area contributed by atoms with Gasteiger partial charge in [-0.2, -0.15) is 0 Å². The minimum atomic E-state index is -0.272. The van der Waals surface area contributed by atoms with Gasteiger partial charge in [-0.05, 0) is 41.7 Å². The van der Waals surface area contributed by atoms with E-state index in [9.17, 15) is 14.0 Å². The van der Waals surface area contributed by atoms with Crippen LogP contribution >= 0.6 is 0 Å². The third kappa shape index (κ3) is 4.91. The first kappa shape index (κ1) is 18.1. The van der Waals surface area contributed by atoms with Crippen LogP contribution in [0.2, 0.25) is 0 Å². The lowest BCUT2D eigenvalue weighted by Crippen LogP contribution is -2.27. The predicted octanol–water partition coefficient (Wildman–Crippen LogP) is 3.20. The van der Waals surface area contributed by atoms with Crippen molar-refractivity contribution >= 4 is 11.8 Å². The van der Waals surface area contributed by atoms with Crippen LogP contribution < -0.4 is 5.32 Å². The molecule has 1 fully saturated rings. The van der Waals surface area contributed by atoms with Gasteiger partial charge in [0.05, 0.1) is 0 Å². The van der Waals surface area contributed by atoms with E-state index in [0.29, 0.717) is 32.4 Å². The number of aryl methyl sites for hydroxylation is 1. The zero-order chi connectivity index (χ0) is 18.4. The molecular formula is C21H23FN2O2. The summed E-state index contributed by atoms with van der Waals surface area (Å²) in [4.78, 5) is 25.8. The molecule has 1 heterocycles. The van der Waals surface area contributed by atoms with Crippen molar-refractivity contribution in [2.75, 3.05) is 6.54 Å². The van der Waals surface area contributed by atoms with Crippen molar-refractivity contribution in [2.24, 2.45) is 0 Å². The third-order valence-corrected chi connectivity index (χ3v) is 4.68. The average Bonchev–Trinajstić information content (AvgIpc) is 3.05. The maximum absolute atomic E-state index is 12.9. The number of amides is 2. The summed E-state index contributed by atoms with van der Waals surface area (Å²) in [5.41, 5.74) is 3.04. The molecule has 2 aromatic carbocycles. The van der Waals surface area contributed by atoms with Crippen molar-refractivity contribution in [3.63, 3.8) is 0 Å². The number of nitrogens with zero attached hydrogens (tertiary/aromatic N) is 1. The Labute approximate surface area is 153 Å². The topological polar surface area (TPSA) is 49.4 Å². The average molecular weight is 354 g/mol. The summed E-state index contributed by atoms with van der Waals surface area (Å²) >= 11 is 0. The van der Waals surface area contributed by atoms with Gasteiger partial charge >= 0.3 is 0 Å². The van der Waals surface area contributed by atoms with Crippen LogP contribution in [0.1, 0.15) is 36.0 Å². The molecule has 1 aliphatic rings. The highest BCUT2D eigenvalue weighted by atomic mass is 19.1. The standard InChI is InChI=1S/C21H23FN2O2/c22-19-10-7-16(8-11-19)9-12-20(25)23-14-17-4-1-2-5-18(17)15-24-13-3-6-21(24)26/h1-2,4-5,7-8,10-11H,3,6,9,12-15H2,(H,23,25). The minimum absolute atomic E-state index is 0.0404. The van der Waals surface area contributed by atoms with Crippen molar-refractivity contribution in [3.05, 3.63) is 71.0 Å². The highest BCUT2D eigenvalue weighted by Crippen LogP contribution is 2.17. The zero-order valence-electron chi connectivity index (χ0n) is 14.7. The fraction of sp³-hybridized carbons (Fsp3) is 0.333. The Kier molecular flexibility index (Phi) is 6.00. The SMILES string of the molecule is O=C(CCc1ccc(F)cc1)NCc1ccccc1CN1CCCC1=O. The predicted molar refractivity (Wildman–Crippen MR) is 97.7 cm³/mol. The highest BCUT2D eigenvalue weighted by molar-refractivity contribution is 5.78. The smallest absolute Gasteiger partial charge is 0.222 e. The molecule has 0 spiro atoms. The Hall–Kier alpha value is -2.69. The molecule has 1 saturated heterocycles. The molecule has 1 N–H and O–H groups in total. The largest absolute Gasteiger partial charge is 0.352 e. The number of nitrogens with one attached hydrogen (secondary N) is 1. The first-order valence-electron chi connectivity index (χ1n) is 8.97. The highest BCUT2D eigenvalue weighted by Gasteiger charge is 2.20. The molecule has 0 saturated carbocycles. The molecule has 1 aliphatic heterocycles. The van der Waals surface area contributed by atoms with E-state index in [2.05, 4.69) is 5.32 Å². The molecule has 136 valence electrons. The van der Waals surface area contributed by atoms with Crippen LogP contribution in [0.15, 0.2) is 48.5 Å². The van der Waals surface area contributed by atoms with Gasteiger partial charge in [-0.3, -0.25) is 9.59 Å². The first-order chi connectivity index (χ1) is 12.6. The number of hydrogen-bond donors (Lipinski definition) is 1.